The summed E-state index contributed by atoms with van der Waals surface area (Å²) in [5.74, 6) is 1.72. The number of nitrogens with zero attached hydrogens (tertiary/aromatic N) is 4. The van der Waals surface area contributed by atoms with Gasteiger partial charge in [-0.2, -0.15) is 10.1 Å². The van der Waals surface area contributed by atoms with Crippen molar-refractivity contribution in [3.63, 3.8) is 0 Å². The van der Waals surface area contributed by atoms with Crippen molar-refractivity contribution in [3.8, 4) is 17.1 Å². The minimum absolute atomic E-state index is 0.0208. The predicted octanol–water partition coefficient (Wildman–Crippen LogP) is 3.91. The zero-order chi connectivity index (χ0) is 16.7. The first-order chi connectivity index (χ1) is 11.6. The summed E-state index contributed by atoms with van der Waals surface area (Å²) < 4.78 is 13.3. The van der Waals surface area contributed by atoms with E-state index in [2.05, 4.69) is 15.2 Å². The summed E-state index contributed by atoms with van der Waals surface area (Å²) in [5, 5.41) is 9.08. The van der Waals surface area contributed by atoms with Crippen LogP contribution in [0.5, 0.6) is 5.75 Å². The van der Waals surface area contributed by atoms with Crippen molar-refractivity contribution in [1.82, 2.24) is 19.9 Å². The van der Waals surface area contributed by atoms with E-state index < -0.39 is 0 Å². The molecule has 0 saturated heterocycles. The molecule has 2 aromatic heterocycles. The first kappa shape index (κ1) is 15.2. The number of aromatic nitrogens is 4. The zero-order valence-electron chi connectivity index (χ0n) is 13.4. The molecular weight excluding hydrogens is 328 g/mol. The topological polar surface area (TPSA) is 66.0 Å². The second kappa shape index (κ2) is 5.63. The maximum atomic E-state index is 6.09. The number of rotatable bonds is 5. The molecule has 6 nitrogen and oxygen atoms in total. The summed E-state index contributed by atoms with van der Waals surface area (Å²) in [5.41, 5.74) is 0.458. The second-order valence-corrected chi connectivity index (χ2v) is 6.65. The molecule has 1 aliphatic carbocycles. The van der Waals surface area contributed by atoms with Crippen LogP contribution in [0.25, 0.3) is 11.4 Å². The number of hydrogen-bond acceptors (Lipinski definition) is 5. The Kier molecular flexibility index (Phi) is 3.57. The van der Waals surface area contributed by atoms with Gasteiger partial charge in [-0.3, -0.25) is 4.68 Å². The Morgan fingerprint density at radius 2 is 2.17 bits per heavy atom. The Hall–Kier alpha value is -2.34. The molecule has 0 bridgehead atoms. The quantitative estimate of drug-likeness (QED) is 0.702. The van der Waals surface area contributed by atoms with Gasteiger partial charge in [-0.1, -0.05) is 16.8 Å². The average Bonchev–Trinajstić information content (AvgIpc) is 2.99. The molecule has 1 saturated carbocycles. The van der Waals surface area contributed by atoms with Crippen molar-refractivity contribution < 1.29 is 9.26 Å². The molecule has 7 heteroatoms. The molecule has 1 aliphatic rings. The van der Waals surface area contributed by atoms with Gasteiger partial charge in [0, 0.05) is 17.4 Å². The summed E-state index contributed by atoms with van der Waals surface area (Å²) in [7, 11) is 0. The molecule has 1 fully saturated rings. The monoisotopic (exact) mass is 344 g/mol. The highest BCUT2D eigenvalue weighted by Gasteiger charge is 2.52. The number of hydrogen-bond donors (Lipinski definition) is 0. The maximum Gasteiger partial charge on any atom is 0.254 e. The van der Waals surface area contributed by atoms with Crippen LogP contribution in [0.2, 0.25) is 5.02 Å². The van der Waals surface area contributed by atoms with E-state index in [1.165, 1.54) is 0 Å². The van der Waals surface area contributed by atoms with E-state index in [-0.39, 0.29) is 11.6 Å². The molecule has 0 amide bonds. The summed E-state index contributed by atoms with van der Waals surface area (Å²) in [6.45, 7) is 3.92. The van der Waals surface area contributed by atoms with Crippen LogP contribution in [-0.4, -0.2) is 26.0 Å². The molecule has 0 atom stereocenters. The Balaban J connectivity index is 1.71. The second-order valence-electron chi connectivity index (χ2n) is 6.21. The lowest BCUT2D eigenvalue weighted by atomic mass is 10.2. The van der Waals surface area contributed by atoms with Gasteiger partial charge in [-0.05, 0) is 51.0 Å². The van der Waals surface area contributed by atoms with Gasteiger partial charge in [0.25, 0.3) is 5.89 Å². The van der Waals surface area contributed by atoms with Gasteiger partial charge in [0.05, 0.1) is 11.7 Å². The molecule has 124 valence electrons. The predicted molar refractivity (Wildman–Crippen MR) is 89.0 cm³/mol. The highest BCUT2D eigenvalue weighted by molar-refractivity contribution is 6.30. The van der Waals surface area contributed by atoms with E-state index in [9.17, 15) is 0 Å². The standard InChI is InChI=1S/C17H17ClN4O2/c1-11(2)23-14-10-12(18)4-5-13(14)15-20-16(24-21-15)17(6-7-17)22-9-3-8-19-22/h3-5,8-11H,6-7H2,1-2H3. The fourth-order valence-corrected chi connectivity index (χ4v) is 2.90. The zero-order valence-corrected chi connectivity index (χ0v) is 14.2. The third-order valence-electron chi connectivity index (χ3n) is 4.04. The summed E-state index contributed by atoms with van der Waals surface area (Å²) in [4.78, 5) is 4.61. The van der Waals surface area contributed by atoms with Crippen molar-refractivity contribution >= 4 is 11.6 Å². The van der Waals surface area contributed by atoms with E-state index in [0.717, 1.165) is 18.4 Å². The van der Waals surface area contributed by atoms with Gasteiger partial charge >= 0.3 is 0 Å². The molecule has 0 aliphatic heterocycles. The van der Waals surface area contributed by atoms with E-state index in [1.54, 1.807) is 18.3 Å². The number of ether oxygens (including phenoxy) is 1. The number of benzene rings is 1. The van der Waals surface area contributed by atoms with Crippen LogP contribution < -0.4 is 4.74 Å². The van der Waals surface area contributed by atoms with Gasteiger partial charge in [0.15, 0.2) is 0 Å². The molecule has 24 heavy (non-hydrogen) atoms. The average molecular weight is 345 g/mol. The number of halogens is 1. The van der Waals surface area contributed by atoms with Crippen LogP contribution in [0.1, 0.15) is 32.6 Å². The minimum Gasteiger partial charge on any atom is -0.490 e. The van der Waals surface area contributed by atoms with E-state index in [1.807, 2.05) is 36.9 Å². The largest absolute Gasteiger partial charge is 0.490 e. The first-order valence-corrected chi connectivity index (χ1v) is 8.27. The van der Waals surface area contributed by atoms with Crippen LogP contribution in [0.4, 0.5) is 0 Å². The Labute approximate surface area is 144 Å². The molecule has 0 unspecified atom stereocenters. The molecule has 0 spiro atoms. The molecule has 2 heterocycles. The smallest absolute Gasteiger partial charge is 0.254 e. The SMILES string of the molecule is CC(C)Oc1cc(Cl)ccc1-c1noc(C2(n3cccn3)CC2)n1. The van der Waals surface area contributed by atoms with Crippen LogP contribution in [-0.2, 0) is 5.54 Å². The third-order valence-corrected chi connectivity index (χ3v) is 4.27. The Bertz CT molecular complexity index is 853. The van der Waals surface area contributed by atoms with Gasteiger partial charge in [-0.15, -0.1) is 0 Å². The highest BCUT2D eigenvalue weighted by atomic mass is 35.5. The molecule has 3 aromatic rings. The molecule has 0 radical (unpaired) electrons. The first-order valence-electron chi connectivity index (χ1n) is 7.89. The Morgan fingerprint density at radius 3 is 2.83 bits per heavy atom. The lowest BCUT2D eigenvalue weighted by Gasteiger charge is -2.13. The minimum atomic E-state index is -0.305. The van der Waals surface area contributed by atoms with Gasteiger partial charge in [-0.25, -0.2) is 0 Å². The Morgan fingerprint density at radius 1 is 1.33 bits per heavy atom. The van der Waals surface area contributed by atoms with E-state index >= 15 is 0 Å². The van der Waals surface area contributed by atoms with Crippen molar-refractivity contribution in [2.75, 3.05) is 0 Å². The molecular formula is C17H17ClN4O2. The third kappa shape index (κ3) is 2.57. The van der Waals surface area contributed by atoms with Gasteiger partial charge in [0.2, 0.25) is 5.82 Å². The van der Waals surface area contributed by atoms with Crippen LogP contribution >= 0.6 is 11.6 Å². The van der Waals surface area contributed by atoms with E-state index in [0.29, 0.717) is 22.5 Å². The molecule has 0 N–H and O–H groups in total. The van der Waals surface area contributed by atoms with Crippen molar-refractivity contribution in [2.45, 2.75) is 38.3 Å². The maximum absolute atomic E-state index is 6.09. The van der Waals surface area contributed by atoms with Crippen LogP contribution in [0.15, 0.2) is 41.2 Å². The summed E-state index contributed by atoms with van der Waals surface area (Å²) in [6, 6.07) is 7.31. The fraction of sp³-hybridized carbons (Fsp3) is 0.353. The lowest BCUT2D eigenvalue weighted by Crippen LogP contribution is -2.19. The van der Waals surface area contributed by atoms with Gasteiger partial charge in [0.1, 0.15) is 11.3 Å². The molecule has 4 rings (SSSR count). The molecule has 1 aromatic carbocycles. The fourth-order valence-electron chi connectivity index (χ4n) is 2.74. The summed E-state index contributed by atoms with van der Waals surface area (Å²) >= 11 is 6.09. The normalized spacial score (nSPS) is 15.7. The lowest BCUT2D eigenvalue weighted by molar-refractivity contribution is 0.243. The van der Waals surface area contributed by atoms with Crippen molar-refractivity contribution in [1.29, 1.82) is 0 Å². The van der Waals surface area contributed by atoms with Crippen molar-refractivity contribution in [2.24, 2.45) is 0 Å². The summed E-state index contributed by atoms with van der Waals surface area (Å²) in [6.07, 6.45) is 5.57. The van der Waals surface area contributed by atoms with E-state index in [4.69, 9.17) is 20.9 Å². The highest BCUT2D eigenvalue weighted by Crippen LogP contribution is 2.48. The van der Waals surface area contributed by atoms with Crippen LogP contribution in [0.3, 0.4) is 0 Å². The van der Waals surface area contributed by atoms with Gasteiger partial charge < -0.3 is 9.26 Å². The van der Waals surface area contributed by atoms with Crippen LogP contribution in [0, 0.1) is 0 Å². The van der Waals surface area contributed by atoms with Crippen molar-refractivity contribution in [3.05, 3.63) is 47.6 Å².